The number of rotatable bonds is 4. The SMILES string of the molecule is CC(CC(=O)O)(c1ccc(Cl)c(Cl)c1)N1CCCCCC1. The fourth-order valence-electron chi connectivity index (χ4n) is 3.09. The number of carboxylic acids is 1. The van der Waals surface area contributed by atoms with Gasteiger partial charge in [-0.1, -0.05) is 42.1 Å². The first-order chi connectivity index (χ1) is 9.93. The first-order valence-corrected chi connectivity index (χ1v) is 8.11. The molecule has 1 aromatic carbocycles. The second kappa shape index (κ2) is 6.99. The predicted molar refractivity (Wildman–Crippen MR) is 86.1 cm³/mol. The minimum absolute atomic E-state index is 0.0605. The second-order valence-electron chi connectivity index (χ2n) is 5.87. The molecule has 0 amide bonds. The van der Waals surface area contributed by atoms with E-state index >= 15 is 0 Å². The Balaban J connectivity index is 2.38. The van der Waals surface area contributed by atoms with Gasteiger partial charge in [-0.05, 0) is 50.6 Å². The zero-order valence-electron chi connectivity index (χ0n) is 12.2. The van der Waals surface area contributed by atoms with Gasteiger partial charge in [0.05, 0.1) is 22.0 Å². The minimum atomic E-state index is -0.798. The van der Waals surface area contributed by atoms with Crippen molar-refractivity contribution in [2.45, 2.75) is 44.6 Å². The van der Waals surface area contributed by atoms with Crippen LogP contribution in [0.15, 0.2) is 18.2 Å². The third-order valence-corrected chi connectivity index (χ3v) is 5.08. The number of likely N-dealkylation sites (tertiary alicyclic amines) is 1. The molecule has 1 aliphatic rings. The molecule has 2 rings (SSSR count). The number of hydrogen-bond acceptors (Lipinski definition) is 2. The molecule has 0 spiro atoms. The third-order valence-electron chi connectivity index (χ3n) is 4.34. The molecule has 1 aromatic rings. The molecule has 116 valence electrons. The highest BCUT2D eigenvalue weighted by atomic mass is 35.5. The maximum Gasteiger partial charge on any atom is 0.305 e. The van der Waals surface area contributed by atoms with E-state index in [2.05, 4.69) is 4.90 Å². The van der Waals surface area contributed by atoms with Crippen LogP contribution < -0.4 is 0 Å². The summed E-state index contributed by atoms with van der Waals surface area (Å²) < 4.78 is 0. The summed E-state index contributed by atoms with van der Waals surface area (Å²) in [7, 11) is 0. The predicted octanol–water partition coefficient (Wildman–Crippen LogP) is 4.56. The van der Waals surface area contributed by atoms with Crippen LogP contribution in [0.3, 0.4) is 0 Å². The molecular weight excluding hydrogens is 309 g/mol. The number of nitrogens with zero attached hydrogens (tertiary/aromatic N) is 1. The molecule has 0 aromatic heterocycles. The van der Waals surface area contributed by atoms with E-state index in [4.69, 9.17) is 23.2 Å². The fraction of sp³-hybridized carbons (Fsp3) is 0.562. The van der Waals surface area contributed by atoms with Crippen LogP contribution in [-0.2, 0) is 10.3 Å². The van der Waals surface area contributed by atoms with E-state index in [1.165, 1.54) is 12.8 Å². The molecule has 0 aliphatic carbocycles. The smallest absolute Gasteiger partial charge is 0.305 e. The molecule has 5 heteroatoms. The van der Waals surface area contributed by atoms with Crippen molar-refractivity contribution in [2.24, 2.45) is 0 Å². The number of carboxylic acid groups (broad SMARTS) is 1. The Morgan fingerprint density at radius 2 is 1.81 bits per heavy atom. The van der Waals surface area contributed by atoms with Crippen molar-refractivity contribution in [3.8, 4) is 0 Å². The average Bonchev–Trinajstić information content (AvgIpc) is 2.70. The Kier molecular flexibility index (Phi) is 5.53. The van der Waals surface area contributed by atoms with Crippen molar-refractivity contribution in [1.82, 2.24) is 4.90 Å². The second-order valence-corrected chi connectivity index (χ2v) is 6.69. The molecule has 21 heavy (non-hydrogen) atoms. The molecule has 1 heterocycles. The van der Waals surface area contributed by atoms with Gasteiger partial charge in [-0.15, -0.1) is 0 Å². The molecule has 1 saturated heterocycles. The van der Waals surface area contributed by atoms with E-state index in [0.717, 1.165) is 31.5 Å². The van der Waals surface area contributed by atoms with Crippen molar-refractivity contribution in [2.75, 3.05) is 13.1 Å². The quantitative estimate of drug-likeness (QED) is 0.880. The van der Waals surface area contributed by atoms with Gasteiger partial charge in [-0.3, -0.25) is 9.69 Å². The zero-order valence-corrected chi connectivity index (χ0v) is 13.8. The van der Waals surface area contributed by atoms with Gasteiger partial charge < -0.3 is 5.11 Å². The molecular formula is C16H21Cl2NO2. The van der Waals surface area contributed by atoms with E-state index in [0.29, 0.717) is 10.0 Å². The monoisotopic (exact) mass is 329 g/mol. The lowest BCUT2D eigenvalue weighted by atomic mass is 9.86. The van der Waals surface area contributed by atoms with Crippen molar-refractivity contribution < 1.29 is 9.90 Å². The first-order valence-electron chi connectivity index (χ1n) is 7.36. The van der Waals surface area contributed by atoms with Crippen LogP contribution in [0.5, 0.6) is 0 Å². The van der Waals surface area contributed by atoms with Crippen molar-refractivity contribution >= 4 is 29.2 Å². The highest BCUT2D eigenvalue weighted by Gasteiger charge is 2.36. The molecule has 0 saturated carbocycles. The summed E-state index contributed by atoms with van der Waals surface area (Å²) in [5, 5.41) is 10.3. The highest BCUT2D eigenvalue weighted by Crippen LogP contribution is 2.36. The van der Waals surface area contributed by atoms with Crippen LogP contribution in [-0.4, -0.2) is 29.1 Å². The van der Waals surface area contributed by atoms with Crippen molar-refractivity contribution in [1.29, 1.82) is 0 Å². The van der Waals surface area contributed by atoms with E-state index in [9.17, 15) is 9.90 Å². The maximum atomic E-state index is 11.4. The summed E-state index contributed by atoms with van der Waals surface area (Å²) in [6.07, 6.45) is 4.69. The number of hydrogen-bond donors (Lipinski definition) is 1. The van der Waals surface area contributed by atoms with Gasteiger partial charge >= 0.3 is 5.97 Å². The summed E-state index contributed by atoms with van der Waals surface area (Å²) in [5.41, 5.74) is 0.367. The number of benzene rings is 1. The number of halogens is 2. The van der Waals surface area contributed by atoms with Gasteiger partial charge in [0.15, 0.2) is 0 Å². The molecule has 1 atom stereocenters. The summed E-state index contributed by atoms with van der Waals surface area (Å²) in [4.78, 5) is 13.7. The van der Waals surface area contributed by atoms with Gasteiger partial charge in [0.1, 0.15) is 0 Å². The van der Waals surface area contributed by atoms with Crippen LogP contribution in [0, 0.1) is 0 Å². The van der Waals surface area contributed by atoms with E-state index in [1.807, 2.05) is 13.0 Å². The van der Waals surface area contributed by atoms with Gasteiger partial charge in [-0.2, -0.15) is 0 Å². The zero-order chi connectivity index (χ0) is 15.5. The van der Waals surface area contributed by atoms with Gasteiger partial charge in [0.2, 0.25) is 0 Å². The van der Waals surface area contributed by atoms with Crippen LogP contribution in [0.2, 0.25) is 10.0 Å². The van der Waals surface area contributed by atoms with Crippen LogP contribution >= 0.6 is 23.2 Å². The van der Waals surface area contributed by atoms with Crippen LogP contribution in [0.1, 0.15) is 44.6 Å². The summed E-state index contributed by atoms with van der Waals surface area (Å²) >= 11 is 12.1. The van der Waals surface area contributed by atoms with Crippen LogP contribution in [0.4, 0.5) is 0 Å². The lowest BCUT2D eigenvalue weighted by molar-refractivity contribution is -0.140. The van der Waals surface area contributed by atoms with E-state index < -0.39 is 11.5 Å². The largest absolute Gasteiger partial charge is 0.481 e. The topological polar surface area (TPSA) is 40.5 Å². The van der Waals surface area contributed by atoms with Crippen LogP contribution in [0.25, 0.3) is 0 Å². The lowest BCUT2D eigenvalue weighted by Gasteiger charge is -2.40. The van der Waals surface area contributed by atoms with Gasteiger partial charge in [0, 0.05) is 0 Å². The average molecular weight is 330 g/mol. The molecule has 1 aliphatic heterocycles. The molecule has 1 unspecified atom stereocenters. The van der Waals surface area contributed by atoms with E-state index in [-0.39, 0.29) is 6.42 Å². The summed E-state index contributed by atoms with van der Waals surface area (Å²) in [5.74, 6) is -0.798. The molecule has 1 N–H and O–H groups in total. The Labute approximate surface area is 135 Å². The summed E-state index contributed by atoms with van der Waals surface area (Å²) in [6.45, 7) is 3.83. The van der Waals surface area contributed by atoms with Gasteiger partial charge in [-0.25, -0.2) is 0 Å². The highest BCUT2D eigenvalue weighted by molar-refractivity contribution is 6.42. The Morgan fingerprint density at radius 1 is 1.19 bits per heavy atom. The molecule has 0 bridgehead atoms. The molecule has 3 nitrogen and oxygen atoms in total. The molecule has 1 fully saturated rings. The summed E-state index contributed by atoms with van der Waals surface area (Å²) in [6, 6.07) is 5.44. The third kappa shape index (κ3) is 3.91. The van der Waals surface area contributed by atoms with Crippen molar-refractivity contribution in [3.05, 3.63) is 33.8 Å². The van der Waals surface area contributed by atoms with E-state index in [1.54, 1.807) is 12.1 Å². The number of aliphatic carboxylic acids is 1. The Hall–Kier alpha value is -0.770. The normalized spacial score (nSPS) is 19.8. The first kappa shape index (κ1) is 16.6. The standard InChI is InChI=1S/C16H21Cl2NO2/c1-16(11-15(20)21,19-8-4-2-3-5-9-19)12-6-7-13(17)14(18)10-12/h6-7,10H,2-5,8-9,11H2,1H3,(H,20,21). The van der Waals surface area contributed by atoms with Gasteiger partial charge in [0.25, 0.3) is 0 Å². The van der Waals surface area contributed by atoms with Crippen molar-refractivity contribution in [3.63, 3.8) is 0 Å². The maximum absolute atomic E-state index is 11.4. The fourth-order valence-corrected chi connectivity index (χ4v) is 3.38. The Morgan fingerprint density at radius 3 is 2.33 bits per heavy atom. The Bertz CT molecular complexity index is 513. The molecule has 0 radical (unpaired) electrons. The number of carbonyl (C=O) groups is 1. The minimum Gasteiger partial charge on any atom is -0.481 e. The lowest BCUT2D eigenvalue weighted by Crippen LogP contribution is -2.46.